The smallest absolute Gasteiger partial charge is 0.263 e. The maximum Gasteiger partial charge on any atom is 0.263 e. The summed E-state index contributed by atoms with van der Waals surface area (Å²) in [5, 5.41) is 5.00. The maximum atomic E-state index is 11.9. The quantitative estimate of drug-likeness (QED) is 0.518. The number of ether oxygens (including phenoxy) is 1. The molecule has 26 heavy (non-hydrogen) atoms. The van der Waals surface area contributed by atoms with Crippen molar-refractivity contribution in [2.45, 2.75) is 6.61 Å². The van der Waals surface area contributed by atoms with Crippen molar-refractivity contribution in [1.82, 2.24) is 5.32 Å². The van der Waals surface area contributed by atoms with Crippen LogP contribution in [0.2, 0.25) is 0 Å². The molecular formula is C21H15NO2S2. The predicted molar refractivity (Wildman–Crippen MR) is 111 cm³/mol. The summed E-state index contributed by atoms with van der Waals surface area (Å²) in [5.41, 5.74) is 1.98. The summed E-state index contributed by atoms with van der Waals surface area (Å²) in [5.74, 6) is 0.572. The summed E-state index contributed by atoms with van der Waals surface area (Å²) < 4.78 is 6.57. The van der Waals surface area contributed by atoms with E-state index in [1.54, 1.807) is 0 Å². The number of carbonyl (C=O) groups excluding carboxylic acids is 1. The molecule has 0 radical (unpaired) electrons. The summed E-state index contributed by atoms with van der Waals surface area (Å²) in [6.45, 7) is 0.458. The molecule has 3 aromatic carbocycles. The van der Waals surface area contributed by atoms with E-state index in [1.165, 1.54) is 22.5 Å². The van der Waals surface area contributed by atoms with Crippen molar-refractivity contribution in [3.8, 4) is 5.75 Å². The number of fused-ring (bicyclic) bond motifs is 1. The predicted octanol–water partition coefficient (Wildman–Crippen LogP) is 4.91. The van der Waals surface area contributed by atoms with Gasteiger partial charge in [0, 0.05) is 5.56 Å². The molecule has 0 unspecified atom stereocenters. The highest BCUT2D eigenvalue weighted by Crippen LogP contribution is 2.30. The third-order valence-electron chi connectivity index (χ3n) is 4.11. The second kappa shape index (κ2) is 7.32. The van der Waals surface area contributed by atoms with E-state index in [2.05, 4.69) is 29.6 Å². The number of thioether (sulfide) groups is 1. The van der Waals surface area contributed by atoms with Gasteiger partial charge in [-0.25, -0.2) is 0 Å². The lowest BCUT2D eigenvalue weighted by Gasteiger charge is -2.11. The van der Waals surface area contributed by atoms with Gasteiger partial charge in [0.15, 0.2) is 0 Å². The molecule has 1 N–H and O–H groups in total. The molecule has 1 heterocycles. The molecule has 3 nitrogen and oxygen atoms in total. The summed E-state index contributed by atoms with van der Waals surface area (Å²) >= 11 is 6.31. The Kier molecular flexibility index (Phi) is 4.73. The molecule has 0 bridgehead atoms. The number of rotatable bonds is 4. The van der Waals surface area contributed by atoms with E-state index in [1.807, 2.05) is 48.5 Å². The highest BCUT2D eigenvalue weighted by molar-refractivity contribution is 8.26. The van der Waals surface area contributed by atoms with Crippen molar-refractivity contribution in [2.75, 3.05) is 0 Å². The molecule has 4 rings (SSSR count). The van der Waals surface area contributed by atoms with Crippen molar-refractivity contribution < 1.29 is 9.53 Å². The van der Waals surface area contributed by atoms with E-state index in [0.29, 0.717) is 15.8 Å². The highest BCUT2D eigenvalue weighted by atomic mass is 32.2. The molecule has 0 aliphatic carbocycles. The second-order valence-corrected chi connectivity index (χ2v) is 7.54. The van der Waals surface area contributed by atoms with Gasteiger partial charge < -0.3 is 10.1 Å². The first-order chi connectivity index (χ1) is 12.7. The van der Waals surface area contributed by atoms with Crippen molar-refractivity contribution >= 4 is 51.1 Å². The Morgan fingerprint density at radius 2 is 1.77 bits per heavy atom. The largest absolute Gasteiger partial charge is 0.488 e. The number of thiocarbonyl (C=S) groups is 1. The van der Waals surface area contributed by atoms with Crippen LogP contribution < -0.4 is 10.1 Å². The van der Waals surface area contributed by atoms with Crippen LogP contribution in [0, 0.1) is 0 Å². The average molecular weight is 377 g/mol. The number of carbonyl (C=O) groups is 1. The lowest BCUT2D eigenvalue weighted by molar-refractivity contribution is -0.115. The first-order valence-corrected chi connectivity index (χ1v) is 9.36. The van der Waals surface area contributed by atoms with Crippen LogP contribution in [0.5, 0.6) is 5.75 Å². The Balaban J connectivity index is 1.60. The Hall–Kier alpha value is -2.63. The molecule has 0 saturated carbocycles. The maximum absolute atomic E-state index is 11.9. The lowest BCUT2D eigenvalue weighted by atomic mass is 10.1. The molecule has 128 valence electrons. The van der Waals surface area contributed by atoms with Gasteiger partial charge in [0.25, 0.3) is 5.91 Å². The Labute approximate surface area is 161 Å². The van der Waals surface area contributed by atoms with Gasteiger partial charge in [-0.1, -0.05) is 84.6 Å². The van der Waals surface area contributed by atoms with Crippen LogP contribution in [0.15, 0.2) is 71.6 Å². The third kappa shape index (κ3) is 3.49. The van der Waals surface area contributed by atoms with E-state index < -0.39 is 0 Å². The fraction of sp³-hybridized carbons (Fsp3) is 0.0476. The molecule has 1 saturated heterocycles. The van der Waals surface area contributed by atoms with Crippen molar-refractivity contribution in [2.24, 2.45) is 0 Å². The van der Waals surface area contributed by atoms with Crippen molar-refractivity contribution in [3.05, 3.63) is 82.8 Å². The highest BCUT2D eigenvalue weighted by Gasteiger charge is 2.22. The average Bonchev–Trinajstić information content (AvgIpc) is 2.98. The van der Waals surface area contributed by atoms with E-state index in [4.69, 9.17) is 17.0 Å². The minimum atomic E-state index is -0.163. The molecule has 0 atom stereocenters. The van der Waals surface area contributed by atoms with Crippen molar-refractivity contribution in [3.63, 3.8) is 0 Å². The molecule has 1 aliphatic heterocycles. The number of para-hydroxylation sites is 1. The van der Waals surface area contributed by atoms with Crippen LogP contribution in [-0.4, -0.2) is 10.2 Å². The van der Waals surface area contributed by atoms with Gasteiger partial charge >= 0.3 is 0 Å². The monoisotopic (exact) mass is 377 g/mol. The number of hydrogen-bond acceptors (Lipinski definition) is 4. The Morgan fingerprint density at radius 3 is 2.62 bits per heavy atom. The van der Waals surface area contributed by atoms with Crippen LogP contribution in [-0.2, 0) is 11.4 Å². The van der Waals surface area contributed by atoms with Crippen LogP contribution in [0.1, 0.15) is 11.1 Å². The van der Waals surface area contributed by atoms with E-state index >= 15 is 0 Å². The standard InChI is InChI=1S/C21H15NO2S2/c23-20-19(26-21(25)22-20)12-15-7-2-4-11-18(15)24-13-16-9-5-8-14-6-1-3-10-17(14)16/h1-12H,13H2,(H,22,23,25). The lowest BCUT2D eigenvalue weighted by Crippen LogP contribution is -2.17. The van der Waals surface area contributed by atoms with Gasteiger partial charge in [-0.15, -0.1) is 0 Å². The number of hydrogen-bond donors (Lipinski definition) is 1. The number of nitrogens with one attached hydrogen (secondary N) is 1. The van der Waals surface area contributed by atoms with Gasteiger partial charge in [0.1, 0.15) is 16.7 Å². The molecular weight excluding hydrogens is 362 g/mol. The first kappa shape index (κ1) is 16.8. The topological polar surface area (TPSA) is 38.3 Å². The van der Waals surface area contributed by atoms with Crippen LogP contribution in [0.25, 0.3) is 16.8 Å². The van der Waals surface area contributed by atoms with E-state index in [-0.39, 0.29) is 5.91 Å². The molecule has 3 aromatic rings. The zero-order chi connectivity index (χ0) is 17.9. The first-order valence-electron chi connectivity index (χ1n) is 8.14. The Morgan fingerprint density at radius 1 is 1.00 bits per heavy atom. The SMILES string of the molecule is O=C1NC(=S)SC1=Cc1ccccc1OCc1cccc2ccccc12. The van der Waals surface area contributed by atoms with Gasteiger partial charge in [0.05, 0.1) is 4.91 Å². The second-order valence-electron chi connectivity index (χ2n) is 5.82. The molecule has 0 spiro atoms. The molecule has 1 aliphatic rings. The summed E-state index contributed by atoms with van der Waals surface area (Å²) in [6.07, 6.45) is 1.82. The summed E-state index contributed by atoms with van der Waals surface area (Å²) in [4.78, 5) is 12.5. The van der Waals surface area contributed by atoms with Crippen LogP contribution in [0.3, 0.4) is 0 Å². The molecule has 1 fully saturated rings. The number of benzene rings is 3. The van der Waals surface area contributed by atoms with Gasteiger partial charge in [0.2, 0.25) is 0 Å². The Bertz CT molecular complexity index is 1040. The van der Waals surface area contributed by atoms with Gasteiger partial charge in [-0.2, -0.15) is 0 Å². The minimum Gasteiger partial charge on any atom is -0.488 e. The fourth-order valence-corrected chi connectivity index (χ4v) is 3.90. The van der Waals surface area contributed by atoms with Gasteiger partial charge in [-0.3, -0.25) is 4.79 Å². The van der Waals surface area contributed by atoms with E-state index in [0.717, 1.165) is 16.9 Å². The zero-order valence-electron chi connectivity index (χ0n) is 13.8. The van der Waals surface area contributed by atoms with Crippen LogP contribution >= 0.6 is 24.0 Å². The molecule has 1 amide bonds. The fourth-order valence-electron chi connectivity index (χ4n) is 2.87. The third-order valence-corrected chi connectivity index (χ3v) is 5.27. The minimum absolute atomic E-state index is 0.163. The summed E-state index contributed by atoms with van der Waals surface area (Å²) in [6, 6.07) is 22.1. The molecule has 0 aromatic heterocycles. The van der Waals surface area contributed by atoms with Crippen molar-refractivity contribution in [1.29, 1.82) is 0 Å². The normalized spacial score (nSPS) is 15.5. The zero-order valence-corrected chi connectivity index (χ0v) is 15.4. The summed E-state index contributed by atoms with van der Waals surface area (Å²) in [7, 11) is 0. The number of amides is 1. The van der Waals surface area contributed by atoms with E-state index in [9.17, 15) is 4.79 Å². The van der Waals surface area contributed by atoms with Gasteiger partial charge in [-0.05, 0) is 28.5 Å². The molecule has 5 heteroatoms. The van der Waals surface area contributed by atoms with Crippen LogP contribution in [0.4, 0.5) is 0 Å².